The Morgan fingerprint density at radius 1 is 1.14 bits per heavy atom. The fourth-order valence-corrected chi connectivity index (χ4v) is 6.86. The van der Waals surface area contributed by atoms with Gasteiger partial charge in [0.15, 0.2) is 15.0 Å². The average Bonchev–Trinajstić information content (AvgIpc) is 3.15. The van der Waals surface area contributed by atoms with Gasteiger partial charge < -0.3 is 10.6 Å². The predicted molar refractivity (Wildman–Crippen MR) is 111 cm³/mol. The summed E-state index contributed by atoms with van der Waals surface area (Å²) < 4.78 is 23.2. The molecule has 1 aromatic heterocycles. The van der Waals surface area contributed by atoms with Gasteiger partial charge in [0.05, 0.1) is 36.2 Å². The van der Waals surface area contributed by atoms with Crippen molar-refractivity contribution in [2.45, 2.75) is 24.3 Å². The Balaban J connectivity index is 1.28. The third-order valence-electron chi connectivity index (χ3n) is 4.58. The van der Waals surface area contributed by atoms with Gasteiger partial charge >= 0.3 is 0 Å². The molecule has 1 aromatic carbocycles. The first kappa shape index (κ1) is 18.9. The van der Waals surface area contributed by atoms with Crippen molar-refractivity contribution in [2.24, 2.45) is 4.99 Å². The topological polar surface area (TPSA) is 101 Å². The number of rotatable bonds is 5. The summed E-state index contributed by atoms with van der Waals surface area (Å²) in [6.07, 6.45) is 2.00. The van der Waals surface area contributed by atoms with E-state index in [1.54, 1.807) is 6.20 Å². The van der Waals surface area contributed by atoms with Crippen molar-refractivity contribution >= 4 is 38.4 Å². The van der Waals surface area contributed by atoms with Crippen LogP contribution in [0.3, 0.4) is 0 Å². The largest absolute Gasteiger partial charge is 0.350 e. The van der Waals surface area contributed by atoms with Crippen LogP contribution in [0.2, 0.25) is 0 Å². The molecule has 9 heteroatoms. The van der Waals surface area contributed by atoms with E-state index in [-0.39, 0.29) is 28.7 Å². The normalized spacial score (nSPS) is 22.4. The number of nitrogens with one attached hydrogen (secondary N) is 2. The Labute approximate surface area is 168 Å². The lowest BCUT2D eigenvalue weighted by Crippen LogP contribution is -2.24. The lowest BCUT2D eigenvalue weighted by atomic mass is 10.1. The molecule has 2 aliphatic rings. The van der Waals surface area contributed by atoms with Gasteiger partial charge in [-0.2, -0.15) is 0 Å². The van der Waals surface area contributed by atoms with E-state index in [9.17, 15) is 13.2 Å². The van der Waals surface area contributed by atoms with Gasteiger partial charge in [0.25, 0.3) is 0 Å². The molecule has 0 saturated carbocycles. The summed E-state index contributed by atoms with van der Waals surface area (Å²) in [5, 5.41) is 6.87. The number of carbonyl (C=O) groups excluding carboxylic acids is 1. The Bertz CT molecular complexity index is 992. The molecule has 4 rings (SSSR count). The second-order valence-electron chi connectivity index (χ2n) is 6.83. The summed E-state index contributed by atoms with van der Waals surface area (Å²) in [5.74, 6) is 0.280. The van der Waals surface area contributed by atoms with Crippen LogP contribution in [0.4, 0.5) is 5.69 Å². The quantitative estimate of drug-likeness (QED) is 0.768. The van der Waals surface area contributed by atoms with E-state index in [0.717, 1.165) is 22.1 Å². The molecule has 146 valence electrons. The molecule has 2 N–H and O–H groups in total. The van der Waals surface area contributed by atoms with Crippen molar-refractivity contribution < 1.29 is 13.2 Å². The highest BCUT2D eigenvalue weighted by atomic mass is 32.2. The number of pyridine rings is 1. The number of sulfone groups is 1. The Kier molecular flexibility index (Phi) is 5.36. The number of anilines is 1. The zero-order valence-electron chi connectivity index (χ0n) is 15.0. The fraction of sp³-hybridized carbons (Fsp3) is 0.316. The first-order valence-corrected chi connectivity index (χ1v) is 11.6. The van der Waals surface area contributed by atoms with E-state index >= 15 is 0 Å². The van der Waals surface area contributed by atoms with Crippen molar-refractivity contribution in [3.05, 3.63) is 59.9 Å². The average molecular weight is 417 g/mol. The molecule has 2 atom stereocenters. The summed E-state index contributed by atoms with van der Waals surface area (Å²) in [6.45, 7) is 0.411. The molecule has 2 aromatic rings. The van der Waals surface area contributed by atoms with Crippen molar-refractivity contribution in [3.8, 4) is 0 Å². The Hall–Kier alpha value is -2.39. The van der Waals surface area contributed by atoms with Gasteiger partial charge in [-0.15, -0.1) is 0 Å². The second-order valence-corrected chi connectivity index (χ2v) is 10.2. The van der Waals surface area contributed by atoms with Gasteiger partial charge in [0.2, 0.25) is 5.91 Å². The molecule has 0 bridgehead atoms. The molecule has 1 amide bonds. The first-order valence-electron chi connectivity index (χ1n) is 8.94. The second kappa shape index (κ2) is 7.92. The van der Waals surface area contributed by atoms with E-state index in [0.29, 0.717) is 13.0 Å². The van der Waals surface area contributed by atoms with Crippen molar-refractivity contribution in [1.82, 2.24) is 10.3 Å². The van der Waals surface area contributed by atoms with E-state index in [1.165, 1.54) is 11.8 Å². The van der Waals surface area contributed by atoms with Crippen LogP contribution in [0.25, 0.3) is 0 Å². The maximum atomic E-state index is 12.1. The van der Waals surface area contributed by atoms with Crippen LogP contribution in [0.15, 0.2) is 53.7 Å². The summed E-state index contributed by atoms with van der Waals surface area (Å²) in [5.41, 5.74) is 2.60. The third kappa shape index (κ3) is 4.71. The van der Waals surface area contributed by atoms with E-state index in [2.05, 4.69) is 20.6 Å². The number of aliphatic imine (C=N–C) groups is 1. The lowest BCUT2D eigenvalue weighted by Gasteiger charge is -2.08. The van der Waals surface area contributed by atoms with Gasteiger partial charge in [-0.1, -0.05) is 30.0 Å². The zero-order valence-corrected chi connectivity index (χ0v) is 16.7. The van der Waals surface area contributed by atoms with Gasteiger partial charge in [-0.25, -0.2) is 8.42 Å². The van der Waals surface area contributed by atoms with E-state index in [4.69, 9.17) is 0 Å². The number of benzene rings is 1. The van der Waals surface area contributed by atoms with Gasteiger partial charge in [-0.3, -0.25) is 14.8 Å². The molecule has 28 heavy (non-hydrogen) atoms. The smallest absolute Gasteiger partial charge is 0.224 e. The summed E-state index contributed by atoms with van der Waals surface area (Å²) in [7, 11) is -2.94. The number of nitrogens with zero attached hydrogens (tertiary/aromatic N) is 2. The van der Waals surface area contributed by atoms with Crippen molar-refractivity contribution in [1.29, 1.82) is 0 Å². The standard InChI is InChI=1S/C19H20N4O3S2/c24-18(21-10-15-3-1-2-8-20-15)9-13-4-6-14(7-5-13)22-19-23-16-11-28(25,26)12-17(16)27-19/h1-8,16-17H,9-12H2,(H,21,24)(H,22,23). The van der Waals surface area contributed by atoms with Gasteiger partial charge in [0.1, 0.15) is 0 Å². The molecule has 2 unspecified atom stereocenters. The summed E-state index contributed by atoms with van der Waals surface area (Å²) in [6, 6.07) is 13.0. The SMILES string of the molecule is O=C(Cc1ccc(NC2=NC3CS(=O)(=O)CC3S2)cc1)NCc1ccccn1. The van der Waals surface area contributed by atoms with Crippen molar-refractivity contribution in [2.75, 3.05) is 16.8 Å². The molecule has 2 aliphatic heterocycles. The number of hydrogen-bond donors (Lipinski definition) is 2. The molecule has 7 nitrogen and oxygen atoms in total. The van der Waals surface area contributed by atoms with Crippen molar-refractivity contribution in [3.63, 3.8) is 0 Å². The molecular weight excluding hydrogens is 396 g/mol. The van der Waals surface area contributed by atoms with Gasteiger partial charge in [0, 0.05) is 17.1 Å². The third-order valence-corrected chi connectivity index (χ3v) is 7.72. The molecule has 0 spiro atoms. The van der Waals surface area contributed by atoms with Crippen LogP contribution < -0.4 is 10.6 Å². The number of amidine groups is 1. The minimum absolute atomic E-state index is 0.0228. The molecule has 1 fully saturated rings. The maximum Gasteiger partial charge on any atom is 0.224 e. The zero-order chi connectivity index (χ0) is 19.6. The molecule has 3 heterocycles. The molecule has 0 radical (unpaired) electrons. The minimum Gasteiger partial charge on any atom is -0.350 e. The number of aromatic nitrogens is 1. The Morgan fingerprint density at radius 2 is 1.96 bits per heavy atom. The number of hydrogen-bond acceptors (Lipinski definition) is 7. The van der Waals surface area contributed by atoms with Crippen LogP contribution >= 0.6 is 11.8 Å². The minimum atomic E-state index is -2.94. The van der Waals surface area contributed by atoms with Crippen LogP contribution in [-0.4, -0.2) is 47.3 Å². The Morgan fingerprint density at radius 3 is 2.68 bits per heavy atom. The van der Waals surface area contributed by atoms with Crippen LogP contribution in [0.5, 0.6) is 0 Å². The highest BCUT2D eigenvalue weighted by Gasteiger charge is 2.42. The van der Waals surface area contributed by atoms with E-state index in [1.807, 2.05) is 42.5 Å². The van der Waals surface area contributed by atoms with Crippen LogP contribution in [0, 0.1) is 0 Å². The highest BCUT2D eigenvalue weighted by Crippen LogP contribution is 2.34. The summed E-state index contributed by atoms with van der Waals surface area (Å²) >= 11 is 1.49. The maximum absolute atomic E-state index is 12.1. The number of amides is 1. The first-order chi connectivity index (χ1) is 13.5. The van der Waals surface area contributed by atoms with Crippen LogP contribution in [0.1, 0.15) is 11.3 Å². The monoisotopic (exact) mass is 416 g/mol. The van der Waals surface area contributed by atoms with Gasteiger partial charge in [-0.05, 0) is 29.8 Å². The predicted octanol–water partition coefficient (Wildman–Crippen LogP) is 1.62. The lowest BCUT2D eigenvalue weighted by molar-refractivity contribution is -0.120. The number of carbonyl (C=O) groups is 1. The number of fused-ring (bicyclic) bond motifs is 1. The molecule has 1 saturated heterocycles. The van der Waals surface area contributed by atoms with E-state index < -0.39 is 9.84 Å². The molecule has 0 aliphatic carbocycles. The number of thioether (sulfide) groups is 1. The fourth-order valence-electron chi connectivity index (χ4n) is 3.19. The highest BCUT2D eigenvalue weighted by molar-refractivity contribution is 8.15. The molecular formula is C19H20N4O3S2. The van der Waals surface area contributed by atoms with Crippen LogP contribution in [-0.2, 0) is 27.6 Å². The summed E-state index contributed by atoms with van der Waals surface area (Å²) in [4.78, 5) is 20.7.